The van der Waals surface area contributed by atoms with E-state index in [-0.39, 0.29) is 32.0 Å². The number of halogens is 13. The van der Waals surface area contributed by atoms with E-state index in [9.17, 15) is 43.9 Å². The summed E-state index contributed by atoms with van der Waals surface area (Å²) >= 11 is 16.4. The fraction of sp³-hybridized carbons (Fsp3) is 0.357. The molecule has 0 saturated carbocycles. The second kappa shape index (κ2) is 15.9. The van der Waals surface area contributed by atoms with Crippen LogP contribution in [-0.2, 0) is 21.7 Å². The van der Waals surface area contributed by atoms with Gasteiger partial charge in [-0.2, -0.15) is 26.3 Å². The molecule has 50 heavy (non-hydrogen) atoms. The Morgan fingerprint density at radius 2 is 1.00 bits per heavy atom. The molecule has 0 bridgehead atoms. The third-order valence-electron chi connectivity index (χ3n) is 6.85. The summed E-state index contributed by atoms with van der Waals surface area (Å²) in [6, 6.07) is 2.31. The third-order valence-corrected chi connectivity index (χ3v) is 7.71. The highest BCUT2D eigenvalue weighted by Crippen LogP contribution is 2.37. The topological polar surface area (TPSA) is 95.8 Å². The minimum atomic E-state index is -4.65. The molecule has 270 valence electrons. The Morgan fingerprint density at radius 1 is 0.600 bits per heavy atom. The molecule has 0 atom stereocenters. The smallest absolute Gasteiger partial charge is 0.399 e. The molecule has 1 saturated heterocycles. The Kier molecular flexibility index (Phi) is 13.0. The average Bonchev–Trinajstić information content (AvgIpc) is 3.22. The molecule has 5 heterocycles. The SMILES string of the molecule is CC1(C)OB(c2cnc(C(F)(F)F)nc2)OC1(C)C.FC(F)c1cnc(-c2cnc(C(F)(F)F)nc2)cc1Cl.FC(F)c1cnc(Cl)cc1Cl. The van der Waals surface area contributed by atoms with Gasteiger partial charge >= 0.3 is 19.5 Å². The second-order valence-corrected chi connectivity index (χ2v) is 12.1. The van der Waals surface area contributed by atoms with Crippen LogP contribution < -0.4 is 5.46 Å². The van der Waals surface area contributed by atoms with Crippen molar-refractivity contribution in [3.8, 4) is 11.3 Å². The number of hydrogen-bond donors (Lipinski definition) is 0. The maximum Gasteiger partial charge on any atom is 0.498 e. The van der Waals surface area contributed by atoms with Crippen LogP contribution in [0.25, 0.3) is 11.3 Å². The largest absolute Gasteiger partial charge is 0.498 e. The van der Waals surface area contributed by atoms with Gasteiger partial charge in [0.1, 0.15) is 5.15 Å². The average molecular weight is 782 g/mol. The van der Waals surface area contributed by atoms with Crippen molar-refractivity contribution >= 4 is 47.4 Å². The Balaban J connectivity index is 0.000000212. The normalized spacial score (nSPS) is 15.4. The van der Waals surface area contributed by atoms with Crippen molar-refractivity contribution in [1.82, 2.24) is 29.9 Å². The first-order valence-corrected chi connectivity index (χ1v) is 14.7. The van der Waals surface area contributed by atoms with Gasteiger partial charge in [0.25, 0.3) is 12.9 Å². The van der Waals surface area contributed by atoms with Crippen LogP contribution in [0.4, 0.5) is 43.9 Å². The van der Waals surface area contributed by atoms with Crippen LogP contribution in [-0.4, -0.2) is 48.2 Å². The van der Waals surface area contributed by atoms with E-state index in [1.165, 1.54) is 6.07 Å². The number of pyridine rings is 2. The van der Waals surface area contributed by atoms with Gasteiger partial charge < -0.3 is 9.31 Å². The Labute approximate surface area is 292 Å². The molecule has 8 nitrogen and oxygen atoms in total. The lowest BCUT2D eigenvalue weighted by molar-refractivity contribution is -0.145. The van der Waals surface area contributed by atoms with Crippen LogP contribution in [0, 0.1) is 0 Å². The maximum absolute atomic E-state index is 12.5. The number of aromatic nitrogens is 6. The van der Waals surface area contributed by atoms with Crippen LogP contribution in [0.1, 0.15) is 63.3 Å². The van der Waals surface area contributed by atoms with Gasteiger partial charge in [0.2, 0.25) is 11.6 Å². The zero-order valence-corrected chi connectivity index (χ0v) is 28.0. The number of alkyl halides is 10. The van der Waals surface area contributed by atoms with Gasteiger partial charge in [-0.1, -0.05) is 34.8 Å². The van der Waals surface area contributed by atoms with E-state index in [0.717, 1.165) is 43.2 Å². The highest BCUT2D eigenvalue weighted by Gasteiger charge is 2.52. The molecule has 0 aliphatic carbocycles. The number of rotatable bonds is 4. The summed E-state index contributed by atoms with van der Waals surface area (Å²) in [6.07, 6.45) is -8.80. The van der Waals surface area contributed by atoms with Crippen LogP contribution in [0.2, 0.25) is 15.2 Å². The lowest BCUT2D eigenvalue weighted by Crippen LogP contribution is -2.41. The molecule has 0 spiro atoms. The third kappa shape index (κ3) is 10.6. The number of hydrogen-bond acceptors (Lipinski definition) is 8. The van der Waals surface area contributed by atoms with E-state index in [1.807, 2.05) is 27.7 Å². The lowest BCUT2D eigenvalue weighted by Gasteiger charge is -2.32. The summed E-state index contributed by atoms with van der Waals surface area (Å²) in [5.74, 6) is -2.47. The van der Waals surface area contributed by atoms with Crippen LogP contribution >= 0.6 is 34.8 Å². The predicted molar refractivity (Wildman–Crippen MR) is 162 cm³/mol. The summed E-state index contributed by atoms with van der Waals surface area (Å²) in [5, 5.41) is -0.177. The van der Waals surface area contributed by atoms with E-state index in [4.69, 9.17) is 44.1 Å². The molecule has 5 rings (SSSR count). The van der Waals surface area contributed by atoms with Gasteiger partial charge in [-0.05, 0) is 39.8 Å². The standard InChI is InChI=1S/C11H14BF3N2O2.C11H5ClF5N3.C6H3Cl2F2N/c1-9(2)10(3,4)19-12(18-9)7-5-16-8(17-6-7)11(13,14)15;12-7-1-8(18-4-6(7)9(13)14)5-2-19-10(20-3-5)11(15,16)17;7-4-1-5(8)11-2-3(4)6(9)10/h5-6H,1-4H3;1-4,9H;1-2,6H. The molecule has 1 aliphatic heterocycles. The highest BCUT2D eigenvalue weighted by molar-refractivity contribution is 6.61. The molecule has 22 heteroatoms. The van der Waals surface area contributed by atoms with Crippen LogP contribution in [0.3, 0.4) is 0 Å². The predicted octanol–water partition coefficient (Wildman–Crippen LogP) is 9.27. The van der Waals surface area contributed by atoms with Gasteiger partial charge in [-0.15, -0.1) is 0 Å². The molecule has 0 amide bonds. The van der Waals surface area contributed by atoms with Crippen molar-refractivity contribution in [3.05, 3.63) is 87.3 Å². The fourth-order valence-electron chi connectivity index (χ4n) is 3.53. The van der Waals surface area contributed by atoms with Crippen molar-refractivity contribution in [2.45, 2.75) is 64.1 Å². The van der Waals surface area contributed by atoms with Crippen molar-refractivity contribution in [2.75, 3.05) is 0 Å². The van der Waals surface area contributed by atoms with Crippen LogP contribution in [0.15, 0.2) is 49.3 Å². The molecular weight excluding hydrogens is 759 g/mol. The lowest BCUT2D eigenvalue weighted by atomic mass is 9.81. The minimum Gasteiger partial charge on any atom is -0.399 e. The zero-order chi connectivity index (χ0) is 37.8. The fourth-order valence-corrected chi connectivity index (χ4v) is 4.21. The molecule has 4 aromatic heterocycles. The maximum atomic E-state index is 12.5. The molecular formula is C28H22BCl3F10N6O2. The zero-order valence-electron chi connectivity index (χ0n) is 25.8. The first-order chi connectivity index (χ1) is 22.9. The van der Waals surface area contributed by atoms with Gasteiger partial charge in [-0.3, -0.25) is 4.98 Å². The molecule has 0 N–H and O–H groups in total. The van der Waals surface area contributed by atoms with Crippen molar-refractivity contribution < 1.29 is 53.2 Å². The molecule has 1 aliphatic rings. The summed E-state index contributed by atoms with van der Waals surface area (Å²) in [5.41, 5.74) is -1.25. The monoisotopic (exact) mass is 780 g/mol. The highest BCUT2D eigenvalue weighted by atomic mass is 35.5. The Hall–Kier alpha value is -3.39. The quantitative estimate of drug-likeness (QED) is 0.115. The number of nitrogens with zero attached hydrogens (tertiary/aromatic N) is 6. The summed E-state index contributed by atoms with van der Waals surface area (Å²) in [7, 11) is -0.757. The van der Waals surface area contributed by atoms with Crippen LogP contribution in [0.5, 0.6) is 0 Å². The molecule has 0 radical (unpaired) electrons. The van der Waals surface area contributed by atoms with Crippen molar-refractivity contribution in [3.63, 3.8) is 0 Å². The molecule has 0 unspecified atom stereocenters. The van der Waals surface area contributed by atoms with E-state index in [1.54, 1.807) is 0 Å². The second-order valence-electron chi connectivity index (χ2n) is 10.9. The van der Waals surface area contributed by atoms with Crippen molar-refractivity contribution in [2.24, 2.45) is 0 Å². The van der Waals surface area contributed by atoms with Gasteiger partial charge in [0, 0.05) is 48.2 Å². The van der Waals surface area contributed by atoms with Gasteiger partial charge in [-0.25, -0.2) is 42.5 Å². The van der Waals surface area contributed by atoms with Gasteiger partial charge in [0.15, 0.2) is 0 Å². The first kappa shape index (κ1) is 41.0. The van der Waals surface area contributed by atoms with Gasteiger partial charge in [0.05, 0.1) is 38.1 Å². The molecule has 1 fully saturated rings. The van der Waals surface area contributed by atoms with Crippen molar-refractivity contribution in [1.29, 1.82) is 0 Å². The summed E-state index contributed by atoms with van der Waals surface area (Å²) < 4.78 is 134. The van der Waals surface area contributed by atoms with E-state index in [0.29, 0.717) is 5.46 Å². The first-order valence-electron chi connectivity index (χ1n) is 13.6. The summed E-state index contributed by atoms with van der Waals surface area (Å²) in [4.78, 5) is 20.0. The van der Waals surface area contributed by atoms with E-state index < -0.39 is 60.7 Å². The Bertz CT molecular complexity index is 1730. The van der Waals surface area contributed by atoms with E-state index in [2.05, 4.69) is 29.9 Å². The minimum absolute atomic E-state index is 0.0556. The Morgan fingerprint density at radius 3 is 1.38 bits per heavy atom. The summed E-state index contributed by atoms with van der Waals surface area (Å²) in [6.45, 7) is 7.44. The van der Waals surface area contributed by atoms with E-state index >= 15 is 0 Å². The molecule has 0 aromatic carbocycles. The molecule has 4 aromatic rings.